The van der Waals surface area contributed by atoms with Crippen LogP contribution in [0.15, 0.2) is 23.4 Å². The van der Waals surface area contributed by atoms with E-state index in [2.05, 4.69) is 5.16 Å². The third-order valence-electron chi connectivity index (χ3n) is 9.15. The Hall–Kier alpha value is -4.55. The molecule has 0 radical (unpaired) electrons. The first kappa shape index (κ1) is 36.7. The second kappa shape index (κ2) is 14.7. The average molecular weight is 711 g/mol. The fourth-order valence-corrected chi connectivity index (χ4v) is 7.27. The number of hydrogen-bond acceptors (Lipinski definition) is 15. The minimum atomic E-state index is -1.69. The van der Waals surface area contributed by atoms with Crippen LogP contribution in [0.2, 0.25) is 0 Å². The summed E-state index contributed by atoms with van der Waals surface area (Å²) in [5, 5.41) is 26.2. The Labute approximate surface area is 283 Å². The van der Waals surface area contributed by atoms with Crippen LogP contribution in [0.5, 0.6) is 0 Å². The molecule has 2 amide bonds. The zero-order valence-electron chi connectivity index (χ0n) is 27.4. The third-order valence-corrected chi connectivity index (χ3v) is 9.15. The maximum absolute atomic E-state index is 14.7. The van der Waals surface area contributed by atoms with E-state index in [4.69, 9.17) is 28.5 Å². The molecule has 4 aliphatic rings. The van der Waals surface area contributed by atoms with Crippen LogP contribution in [0.25, 0.3) is 0 Å². The second-order valence-corrected chi connectivity index (χ2v) is 12.5. The molecular formula is C32H36F2N2O14. The van der Waals surface area contributed by atoms with E-state index in [1.54, 1.807) is 0 Å². The summed E-state index contributed by atoms with van der Waals surface area (Å²) >= 11 is 0. The lowest BCUT2D eigenvalue weighted by atomic mass is 9.60. The van der Waals surface area contributed by atoms with Crippen molar-refractivity contribution in [3.05, 3.63) is 29.8 Å². The Bertz CT molecular complexity index is 1590. The first-order valence-electron chi connectivity index (χ1n) is 15.8. The number of hydrogen-bond donors (Lipinski definition) is 2. The summed E-state index contributed by atoms with van der Waals surface area (Å²) in [7, 11) is 0. The number of fused-ring (bicyclic) bond motifs is 3. The van der Waals surface area contributed by atoms with Gasteiger partial charge in [-0.25, -0.2) is 13.7 Å². The predicted molar refractivity (Wildman–Crippen MR) is 159 cm³/mol. The molecule has 50 heavy (non-hydrogen) atoms. The Balaban J connectivity index is 1.46. The van der Waals surface area contributed by atoms with Gasteiger partial charge in [-0.15, -0.1) is 0 Å². The van der Waals surface area contributed by atoms with Gasteiger partial charge >= 0.3 is 23.9 Å². The van der Waals surface area contributed by atoms with Gasteiger partial charge in [0.1, 0.15) is 24.3 Å². The van der Waals surface area contributed by atoms with Crippen molar-refractivity contribution < 1.29 is 76.3 Å². The number of rotatable bonds is 8. The van der Waals surface area contributed by atoms with Crippen molar-refractivity contribution in [2.45, 2.75) is 89.9 Å². The zero-order chi connectivity index (χ0) is 36.6. The topological polar surface area (TPSA) is 214 Å². The lowest BCUT2D eigenvalue weighted by Gasteiger charge is -2.46. The van der Waals surface area contributed by atoms with Crippen molar-refractivity contribution in [3.8, 4) is 0 Å². The first-order valence-corrected chi connectivity index (χ1v) is 15.8. The zero-order valence-corrected chi connectivity index (χ0v) is 27.4. The molecule has 2 heterocycles. The van der Waals surface area contributed by atoms with Gasteiger partial charge in [-0.05, 0) is 25.0 Å². The molecule has 272 valence electrons. The van der Waals surface area contributed by atoms with Crippen LogP contribution in [0.4, 0.5) is 14.5 Å². The van der Waals surface area contributed by atoms with Crippen molar-refractivity contribution in [2.75, 3.05) is 11.5 Å². The van der Waals surface area contributed by atoms with Gasteiger partial charge in [0.05, 0.1) is 35.4 Å². The van der Waals surface area contributed by atoms with Crippen LogP contribution in [0, 0.1) is 35.3 Å². The molecule has 18 heteroatoms. The number of esters is 4. The Morgan fingerprint density at radius 3 is 2.12 bits per heavy atom. The lowest BCUT2D eigenvalue weighted by molar-refractivity contribution is -0.308. The number of nitrogens with zero attached hydrogens (tertiary/aromatic N) is 2. The highest BCUT2D eigenvalue weighted by Crippen LogP contribution is 2.50. The van der Waals surface area contributed by atoms with E-state index < -0.39 is 126 Å². The highest BCUT2D eigenvalue weighted by atomic mass is 19.1. The molecule has 11 atom stereocenters. The van der Waals surface area contributed by atoms with E-state index in [-0.39, 0.29) is 25.0 Å². The second-order valence-electron chi connectivity index (χ2n) is 12.5. The highest BCUT2D eigenvalue weighted by Gasteiger charge is 2.61. The number of oxime groups is 1. The number of imide groups is 1. The first-order chi connectivity index (χ1) is 23.6. The smallest absolute Gasteiger partial charge is 0.303 e. The van der Waals surface area contributed by atoms with Crippen molar-refractivity contribution in [2.24, 2.45) is 28.8 Å². The maximum atomic E-state index is 14.7. The molecule has 5 rings (SSSR count). The Morgan fingerprint density at radius 2 is 1.50 bits per heavy atom. The Kier molecular flexibility index (Phi) is 10.8. The minimum Gasteiger partial charge on any atom is -0.463 e. The van der Waals surface area contributed by atoms with E-state index in [1.807, 2.05) is 0 Å². The molecule has 2 aliphatic carbocycles. The summed E-state index contributed by atoms with van der Waals surface area (Å²) in [5.41, 5.74) is -0.315. The van der Waals surface area contributed by atoms with Crippen molar-refractivity contribution >= 4 is 47.1 Å². The number of ether oxygens (including phenoxy) is 5. The quantitative estimate of drug-likeness (QED) is 0.164. The molecule has 1 aromatic carbocycles. The lowest BCUT2D eigenvalue weighted by Crippen LogP contribution is -2.62. The van der Waals surface area contributed by atoms with Gasteiger partial charge in [-0.1, -0.05) is 5.16 Å². The molecule has 4 fully saturated rings. The van der Waals surface area contributed by atoms with Gasteiger partial charge in [-0.3, -0.25) is 28.8 Å². The molecular weight excluding hydrogens is 674 g/mol. The largest absolute Gasteiger partial charge is 0.463 e. The van der Waals surface area contributed by atoms with Crippen molar-refractivity contribution in [1.29, 1.82) is 0 Å². The number of anilines is 1. The third kappa shape index (κ3) is 7.32. The molecule has 1 aromatic rings. The SMILES string of the molecule is CC(=O)OC[C@H]1O[C@@H](O/N=C2\C[C@@H](O)[C@@H](O)[C@@H]3[C@@H]4C(=O)N(c5ccc(F)cc5F)C(=O)[C@@H]4CC[C@@H]23)C(OC(C)=O)[C@@H](OC(C)=O)C1OC(C)=O. The van der Waals surface area contributed by atoms with Gasteiger partial charge in [0, 0.05) is 52.0 Å². The summed E-state index contributed by atoms with van der Waals surface area (Å²) in [6.45, 7) is 3.75. The molecule has 2 saturated heterocycles. The molecule has 2 aliphatic heterocycles. The number of carbonyl (C=O) groups excluding carboxylic acids is 6. The molecule has 2 unspecified atom stereocenters. The van der Waals surface area contributed by atoms with E-state index >= 15 is 0 Å². The summed E-state index contributed by atoms with van der Waals surface area (Å²) in [4.78, 5) is 81.4. The normalized spacial score (nSPS) is 34.4. The molecule has 0 aromatic heterocycles. The van der Waals surface area contributed by atoms with Gasteiger partial charge in [0.25, 0.3) is 6.29 Å². The summed E-state index contributed by atoms with van der Waals surface area (Å²) in [6.07, 6.45) is -10.6. The van der Waals surface area contributed by atoms with E-state index in [0.717, 1.165) is 39.8 Å². The minimum absolute atomic E-state index is 0.108. The number of aliphatic hydroxyl groups is 2. The fraction of sp³-hybridized carbons (Fsp3) is 0.594. The van der Waals surface area contributed by atoms with Gasteiger partial charge in [0.2, 0.25) is 17.9 Å². The number of halogens is 2. The van der Waals surface area contributed by atoms with Crippen LogP contribution in [0.3, 0.4) is 0 Å². The van der Waals surface area contributed by atoms with Crippen LogP contribution in [0.1, 0.15) is 47.0 Å². The standard InChI is InChI=1S/C32H36F2N2O14/c1-12(37)45-11-23-27(46-13(2)38)28(47-14(3)39)29(48-15(4)40)32(49-23)50-35-20-10-22(41)26(42)24-17(20)6-7-18-25(24)31(44)36(30(18)43)21-8-5-16(33)9-19(21)34/h5,8-9,17-18,22-29,32,41-42H,6-7,10-11H2,1-4H3/b35-20+/t17-,18+,22+,23+,24-,25+,26+,27?,28-,29?,32-/m0/s1. The highest BCUT2D eigenvalue weighted by molar-refractivity contribution is 6.22. The monoisotopic (exact) mass is 710 g/mol. The maximum Gasteiger partial charge on any atom is 0.303 e. The van der Waals surface area contributed by atoms with Crippen molar-refractivity contribution in [3.63, 3.8) is 0 Å². The summed E-state index contributed by atoms with van der Waals surface area (Å²) < 4.78 is 55.4. The number of amides is 2. The predicted octanol–water partition coefficient (Wildman–Crippen LogP) is 0.678. The number of benzene rings is 1. The summed E-state index contributed by atoms with van der Waals surface area (Å²) in [6, 6.07) is 2.41. The van der Waals surface area contributed by atoms with Gasteiger partial charge in [0.15, 0.2) is 12.2 Å². The van der Waals surface area contributed by atoms with Crippen LogP contribution in [-0.2, 0) is 57.3 Å². The van der Waals surface area contributed by atoms with Gasteiger partial charge < -0.3 is 38.7 Å². The van der Waals surface area contributed by atoms with Gasteiger partial charge in [-0.2, -0.15) is 0 Å². The van der Waals surface area contributed by atoms with E-state index in [0.29, 0.717) is 11.0 Å². The average Bonchev–Trinajstić information content (AvgIpc) is 3.28. The molecule has 2 N–H and O–H groups in total. The van der Waals surface area contributed by atoms with E-state index in [9.17, 15) is 47.8 Å². The fourth-order valence-electron chi connectivity index (χ4n) is 7.27. The number of carbonyl (C=O) groups is 6. The van der Waals surface area contributed by atoms with Crippen molar-refractivity contribution in [1.82, 2.24) is 0 Å². The molecule has 2 saturated carbocycles. The molecule has 0 spiro atoms. The molecule has 16 nitrogen and oxygen atoms in total. The molecule has 0 bridgehead atoms. The van der Waals surface area contributed by atoms with E-state index in [1.165, 1.54) is 0 Å². The van der Waals surface area contributed by atoms with Crippen LogP contribution < -0.4 is 4.90 Å². The van der Waals surface area contributed by atoms with Crippen LogP contribution >= 0.6 is 0 Å². The summed E-state index contributed by atoms with van der Waals surface area (Å²) in [5.74, 6) is -10.9. The van der Waals surface area contributed by atoms with Crippen LogP contribution in [-0.4, -0.2) is 101 Å². The number of aliphatic hydroxyl groups excluding tert-OH is 2. The Morgan fingerprint density at radius 1 is 0.880 bits per heavy atom.